The maximum Gasteiger partial charge on any atom is 0.410 e. The molecule has 0 N–H and O–H groups in total. The van der Waals surface area contributed by atoms with Crippen molar-refractivity contribution in [1.82, 2.24) is 4.90 Å². The molecule has 4 rings (SSSR count). The van der Waals surface area contributed by atoms with Crippen LogP contribution < -0.4 is 0 Å². The van der Waals surface area contributed by atoms with E-state index in [9.17, 15) is 4.79 Å². The number of likely N-dealkylation sites (tertiary alicyclic amines) is 1. The van der Waals surface area contributed by atoms with Gasteiger partial charge in [0.1, 0.15) is 5.60 Å². The number of carbonyl (C=O) groups excluding carboxylic acids is 1. The first kappa shape index (κ1) is 19.4. The van der Waals surface area contributed by atoms with Crippen molar-refractivity contribution in [2.75, 3.05) is 19.7 Å². The monoisotopic (exact) mass is 411 g/mol. The van der Waals surface area contributed by atoms with Crippen LogP contribution in [0.25, 0.3) is 0 Å². The zero-order chi connectivity index (χ0) is 19.4. The first-order valence-corrected chi connectivity index (χ1v) is 10.5. The Labute approximate surface area is 171 Å². The van der Waals surface area contributed by atoms with E-state index >= 15 is 0 Å². The lowest BCUT2D eigenvalue weighted by molar-refractivity contribution is -0.0115. The molecule has 3 aliphatic rings. The van der Waals surface area contributed by atoms with Gasteiger partial charge in [-0.1, -0.05) is 29.3 Å². The van der Waals surface area contributed by atoms with E-state index in [0.29, 0.717) is 41.1 Å². The highest BCUT2D eigenvalue weighted by molar-refractivity contribution is 6.42. The molecule has 1 saturated heterocycles. The van der Waals surface area contributed by atoms with Gasteiger partial charge >= 0.3 is 6.09 Å². The number of nitrogens with zero attached hydrogens (tertiary/aromatic N) is 1. The summed E-state index contributed by atoms with van der Waals surface area (Å²) < 4.78 is 11.7. The summed E-state index contributed by atoms with van der Waals surface area (Å²) in [6, 6.07) is 5.85. The Morgan fingerprint density at radius 3 is 2.59 bits per heavy atom. The van der Waals surface area contributed by atoms with E-state index in [1.54, 1.807) is 0 Å². The minimum absolute atomic E-state index is 0.102. The summed E-state index contributed by atoms with van der Waals surface area (Å²) in [5, 5.41) is 1.11. The van der Waals surface area contributed by atoms with Gasteiger partial charge in [0.25, 0.3) is 0 Å². The van der Waals surface area contributed by atoms with Crippen LogP contribution in [0.2, 0.25) is 10.0 Å². The van der Waals surface area contributed by atoms with Gasteiger partial charge in [0.15, 0.2) is 0 Å². The number of amides is 1. The average molecular weight is 412 g/mol. The lowest BCUT2D eigenvalue weighted by Gasteiger charge is -2.29. The topological polar surface area (TPSA) is 38.8 Å². The molecule has 27 heavy (non-hydrogen) atoms. The van der Waals surface area contributed by atoms with Crippen molar-refractivity contribution >= 4 is 29.3 Å². The van der Waals surface area contributed by atoms with E-state index < -0.39 is 5.60 Å². The average Bonchev–Trinajstić information content (AvgIpc) is 2.94. The van der Waals surface area contributed by atoms with E-state index in [-0.39, 0.29) is 11.5 Å². The second kappa shape index (κ2) is 6.82. The molecule has 148 valence electrons. The Morgan fingerprint density at radius 1 is 1.26 bits per heavy atom. The summed E-state index contributed by atoms with van der Waals surface area (Å²) in [6.07, 6.45) is 3.78. The Kier molecular flexibility index (Phi) is 4.89. The van der Waals surface area contributed by atoms with Crippen LogP contribution in [-0.2, 0) is 14.9 Å². The number of hydrogen-bond donors (Lipinski definition) is 0. The molecule has 0 radical (unpaired) electrons. The lowest BCUT2D eigenvalue weighted by atomic mass is 9.92. The number of benzene rings is 1. The largest absolute Gasteiger partial charge is 0.444 e. The molecule has 1 amide bonds. The van der Waals surface area contributed by atoms with Crippen molar-refractivity contribution in [3.05, 3.63) is 33.8 Å². The molecular weight excluding hydrogens is 385 g/mol. The molecule has 4 nitrogen and oxygen atoms in total. The normalized spacial score (nSPS) is 30.0. The summed E-state index contributed by atoms with van der Waals surface area (Å²) >= 11 is 12.4. The molecule has 1 aromatic carbocycles. The van der Waals surface area contributed by atoms with Gasteiger partial charge in [0, 0.05) is 18.5 Å². The van der Waals surface area contributed by atoms with Gasteiger partial charge in [-0.3, -0.25) is 0 Å². The van der Waals surface area contributed by atoms with Crippen LogP contribution in [0.15, 0.2) is 18.2 Å². The van der Waals surface area contributed by atoms with E-state index in [0.717, 1.165) is 12.2 Å². The summed E-state index contributed by atoms with van der Waals surface area (Å²) in [7, 11) is 0. The van der Waals surface area contributed by atoms with E-state index in [1.165, 1.54) is 19.3 Å². The van der Waals surface area contributed by atoms with Gasteiger partial charge in [0.05, 0.1) is 22.8 Å². The minimum atomic E-state index is -0.493. The third-order valence-corrected chi connectivity index (χ3v) is 6.98. The maximum absolute atomic E-state index is 12.6. The quantitative estimate of drug-likeness (QED) is 0.674. The number of ether oxygens (including phenoxy) is 2. The van der Waals surface area contributed by atoms with Crippen LogP contribution in [0, 0.1) is 11.8 Å². The van der Waals surface area contributed by atoms with Gasteiger partial charge < -0.3 is 14.4 Å². The molecule has 0 bridgehead atoms. The zero-order valence-corrected chi connectivity index (χ0v) is 17.6. The summed E-state index contributed by atoms with van der Waals surface area (Å²) in [6.45, 7) is 7.78. The van der Waals surface area contributed by atoms with Crippen molar-refractivity contribution in [3.8, 4) is 0 Å². The smallest absolute Gasteiger partial charge is 0.410 e. The summed E-state index contributed by atoms with van der Waals surface area (Å²) in [4.78, 5) is 14.4. The fourth-order valence-electron chi connectivity index (χ4n) is 4.56. The van der Waals surface area contributed by atoms with Crippen LogP contribution in [0.3, 0.4) is 0 Å². The molecule has 0 unspecified atom stereocenters. The Balaban J connectivity index is 1.53. The first-order chi connectivity index (χ1) is 12.7. The highest BCUT2D eigenvalue weighted by Gasteiger charge is 2.70. The van der Waals surface area contributed by atoms with Crippen LogP contribution in [0.4, 0.5) is 4.79 Å². The number of fused-ring (bicyclic) bond motifs is 1. The van der Waals surface area contributed by atoms with E-state index in [2.05, 4.69) is 0 Å². The predicted molar refractivity (Wildman–Crippen MR) is 107 cm³/mol. The van der Waals surface area contributed by atoms with Crippen molar-refractivity contribution < 1.29 is 14.3 Å². The Hall–Kier alpha value is -0.970. The summed E-state index contributed by atoms with van der Waals surface area (Å²) in [5.74, 6) is 0.788. The van der Waals surface area contributed by atoms with Crippen LogP contribution in [-0.4, -0.2) is 42.4 Å². The van der Waals surface area contributed by atoms with E-state index in [4.69, 9.17) is 32.7 Å². The van der Waals surface area contributed by atoms with Crippen molar-refractivity contribution in [2.24, 2.45) is 11.8 Å². The zero-order valence-electron chi connectivity index (χ0n) is 16.1. The molecule has 2 saturated carbocycles. The Morgan fingerprint density at radius 2 is 2.00 bits per heavy atom. The second-order valence-electron chi connectivity index (χ2n) is 9.13. The number of carbonyl (C=O) groups is 1. The van der Waals surface area contributed by atoms with Crippen LogP contribution >= 0.6 is 23.2 Å². The van der Waals surface area contributed by atoms with Crippen LogP contribution in [0.1, 0.15) is 45.6 Å². The van der Waals surface area contributed by atoms with Gasteiger partial charge in [-0.15, -0.1) is 0 Å². The van der Waals surface area contributed by atoms with E-state index in [1.807, 2.05) is 43.9 Å². The maximum atomic E-state index is 12.6. The highest BCUT2D eigenvalue weighted by atomic mass is 35.5. The Bertz CT molecular complexity index is 743. The molecular formula is C21H27Cl2NO3. The first-order valence-electron chi connectivity index (χ1n) is 9.76. The predicted octanol–water partition coefficient (Wildman–Crippen LogP) is 5.30. The van der Waals surface area contributed by atoms with Gasteiger partial charge in [-0.05, 0) is 69.6 Å². The fourth-order valence-corrected chi connectivity index (χ4v) is 4.86. The summed E-state index contributed by atoms with van der Waals surface area (Å²) in [5.41, 5.74) is 0.553. The van der Waals surface area contributed by atoms with Crippen molar-refractivity contribution in [1.29, 1.82) is 0 Å². The molecule has 6 heteroatoms. The molecule has 3 fully saturated rings. The molecule has 3 atom stereocenters. The van der Waals surface area contributed by atoms with Gasteiger partial charge in [-0.2, -0.15) is 0 Å². The fraction of sp³-hybridized carbons (Fsp3) is 0.667. The van der Waals surface area contributed by atoms with Crippen LogP contribution in [0.5, 0.6) is 0 Å². The minimum Gasteiger partial charge on any atom is -0.444 e. The van der Waals surface area contributed by atoms with Gasteiger partial charge in [0.2, 0.25) is 0 Å². The SMILES string of the molecule is CC(C)(C)OC(=O)N1C[C@H]2[C@H](COC3CCC3)[C@@]2(c2ccc(Cl)c(Cl)c2)C1. The number of piperidine rings is 1. The van der Waals surface area contributed by atoms with Gasteiger partial charge in [-0.25, -0.2) is 4.79 Å². The second-order valence-corrected chi connectivity index (χ2v) is 9.94. The molecule has 1 heterocycles. The molecule has 1 aliphatic heterocycles. The molecule has 0 aromatic heterocycles. The highest BCUT2D eigenvalue weighted by Crippen LogP contribution is 2.64. The van der Waals surface area contributed by atoms with Crippen molar-refractivity contribution in [2.45, 2.75) is 57.2 Å². The third kappa shape index (κ3) is 3.56. The standard InChI is InChI=1S/C21H27Cl2NO3/c1-20(2,3)27-19(25)24-10-15-16(11-26-14-5-4-6-14)21(15,12-24)13-7-8-17(22)18(23)9-13/h7-9,14-16H,4-6,10-12H2,1-3H3/t15-,16-,21+/m0/s1. The number of hydrogen-bond acceptors (Lipinski definition) is 3. The lowest BCUT2D eigenvalue weighted by Crippen LogP contribution is -2.39. The van der Waals surface area contributed by atoms with Crippen molar-refractivity contribution in [3.63, 3.8) is 0 Å². The molecule has 0 spiro atoms. The molecule has 1 aromatic rings. The third-order valence-electron chi connectivity index (χ3n) is 6.24. The molecule has 2 aliphatic carbocycles. The number of halogens is 2. The number of rotatable bonds is 4.